The van der Waals surface area contributed by atoms with Crippen molar-refractivity contribution in [1.29, 1.82) is 5.41 Å². The van der Waals surface area contributed by atoms with Crippen LogP contribution in [0.5, 0.6) is 0 Å². The third kappa shape index (κ3) is 2.58. The Morgan fingerprint density at radius 2 is 1.89 bits per heavy atom. The zero-order valence-electron chi connectivity index (χ0n) is 11.0. The van der Waals surface area contributed by atoms with Crippen LogP contribution < -0.4 is 10.0 Å². The number of nitrogens with two attached hydrogens (primary N) is 1. The molecule has 19 heavy (non-hydrogen) atoms. The quantitative estimate of drug-likeness (QED) is 0.650. The van der Waals surface area contributed by atoms with E-state index in [9.17, 15) is 8.42 Å². The molecule has 0 atom stereocenters. The molecule has 1 fully saturated rings. The molecule has 5 nitrogen and oxygen atoms in total. The fraction of sp³-hybridized carbons (Fsp3) is 0.462. The van der Waals surface area contributed by atoms with Crippen molar-refractivity contribution in [3.05, 3.63) is 29.8 Å². The van der Waals surface area contributed by atoms with Crippen molar-refractivity contribution in [3.8, 4) is 0 Å². The van der Waals surface area contributed by atoms with Gasteiger partial charge in [0, 0.05) is 12.6 Å². The summed E-state index contributed by atoms with van der Waals surface area (Å²) in [5, 5.41) is 7.23. The molecule has 6 heteroatoms. The molecule has 104 valence electrons. The first kappa shape index (κ1) is 13.9. The topological polar surface area (TPSA) is 87.2 Å². The van der Waals surface area contributed by atoms with Gasteiger partial charge in [0.05, 0.1) is 10.9 Å². The summed E-state index contributed by atoms with van der Waals surface area (Å²) >= 11 is 0. The zero-order chi connectivity index (χ0) is 14.0. The predicted octanol–water partition coefficient (Wildman–Crippen LogP) is 1.68. The smallest absolute Gasteiger partial charge is 0.237 e. The van der Waals surface area contributed by atoms with Crippen LogP contribution in [0, 0.1) is 5.41 Å². The van der Waals surface area contributed by atoms with E-state index in [1.165, 1.54) is 11.4 Å². The van der Waals surface area contributed by atoms with Crippen LogP contribution in [0.1, 0.15) is 31.2 Å². The van der Waals surface area contributed by atoms with Gasteiger partial charge in [-0.1, -0.05) is 25.0 Å². The van der Waals surface area contributed by atoms with Crippen LogP contribution in [-0.4, -0.2) is 26.6 Å². The van der Waals surface area contributed by atoms with Crippen molar-refractivity contribution in [2.75, 3.05) is 11.4 Å². The highest BCUT2D eigenvalue weighted by atomic mass is 32.2. The molecule has 0 heterocycles. The first-order valence-electron chi connectivity index (χ1n) is 6.35. The van der Waals surface area contributed by atoms with Crippen LogP contribution in [0.2, 0.25) is 0 Å². The minimum absolute atomic E-state index is 0.121. The minimum atomic E-state index is -3.37. The summed E-state index contributed by atoms with van der Waals surface area (Å²) in [5.74, 6) is -0.121. The highest BCUT2D eigenvalue weighted by Crippen LogP contribution is 2.30. The van der Waals surface area contributed by atoms with Crippen LogP contribution in [-0.2, 0) is 10.0 Å². The molecular formula is C13H19N3O2S. The standard InChI is InChI=1S/C13H19N3O2S/c1-16(19(17,18)10-6-2-3-7-10)12-9-5-4-8-11(12)13(14)15/h4-5,8-10H,2-3,6-7H2,1H3,(H3,14,15). The maximum Gasteiger partial charge on any atom is 0.237 e. The van der Waals surface area contributed by atoms with Crippen LogP contribution in [0.3, 0.4) is 0 Å². The van der Waals surface area contributed by atoms with Crippen molar-refractivity contribution < 1.29 is 8.42 Å². The van der Waals surface area contributed by atoms with Crippen LogP contribution in [0.4, 0.5) is 5.69 Å². The van der Waals surface area contributed by atoms with E-state index in [2.05, 4.69) is 0 Å². The molecule has 0 spiro atoms. The number of sulfonamides is 1. The SMILES string of the molecule is CN(c1ccccc1C(=N)N)S(=O)(=O)C1CCCC1. The van der Waals surface area contributed by atoms with Crippen molar-refractivity contribution >= 4 is 21.5 Å². The number of hydrogen-bond donors (Lipinski definition) is 2. The number of nitrogens with one attached hydrogen (secondary N) is 1. The third-order valence-electron chi connectivity index (χ3n) is 3.64. The van der Waals surface area contributed by atoms with Gasteiger partial charge in [-0.05, 0) is 25.0 Å². The molecule has 0 aromatic heterocycles. The number of amidine groups is 1. The number of anilines is 1. The second kappa shape index (κ2) is 5.21. The Morgan fingerprint density at radius 3 is 2.47 bits per heavy atom. The monoisotopic (exact) mass is 281 g/mol. The van der Waals surface area contributed by atoms with Crippen molar-refractivity contribution in [2.45, 2.75) is 30.9 Å². The van der Waals surface area contributed by atoms with Gasteiger partial charge in [0.15, 0.2) is 0 Å². The molecule has 0 unspecified atom stereocenters. The van der Waals surface area contributed by atoms with E-state index in [1.54, 1.807) is 24.3 Å². The van der Waals surface area contributed by atoms with E-state index in [-0.39, 0.29) is 11.1 Å². The molecule has 0 radical (unpaired) electrons. The Bertz CT molecular complexity index is 577. The summed E-state index contributed by atoms with van der Waals surface area (Å²) in [6.07, 6.45) is 3.36. The Labute approximate surface area is 114 Å². The maximum atomic E-state index is 12.5. The molecule has 1 aromatic carbocycles. The number of benzene rings is 1. The summed E-state index contributed by atoms with van der Waals surface area (Å²) < 4.78 is 26.3. The van der Waals surface area contributed by atoms with Gasteiger partial charge < -0.3 is 5.73 Å². The number of nitrogen functional groups attached to an aromatic ring is 1. The predicted molar refractivity (Wildman–Crippen MR) is 77.0 cm³/mol. The average molecular weight is 281 g/mol. The van der Waals surface area contributed by atoms with E-state index in [4.69, 9.17) is 11.1 Å². The minimum Gasteiger partial charge on any atom is -0.384 e. The van der Waals surface area contributed by atoms with E-state index in [1.807, 2.05) is 0 Å². The maximum absolute atomic E-state index is 12.5. The summed E-state index contributed by atoms with van der Waals surface area (Å²) in [5.41, 5.74) is 6.44. The summed E-state index contributed by atoms with van der Waals surface area (Å²) in [7, 11) is -1.83. The molecule has 1 aliphatic rings. The second-order valence-corrected chi connectivity index (χ2v) is 7.09. The summed E-state index contributed by atoms with van der Waals surface area (Å²) in [6, 6.07) is 6.85. The number of para-hydroxylation sites is 1. The fourth-order valence-electron chi connectivity index (χ4n) is 2.52. The van der Waals surface area contributed by atoms with Gasteiger partial charge >= 0.3 is 0 Å². The average Bonchev–Trinajstić information content (AvgIpc) is 2.92. The zero-order valence-corrected chi connectivity index (χ0v) is 11.8. The van der Waals surface area contributed by atoms with Gasteiger partial charge in [-0.15, -0.1) is 0 Å². The lowest BCUT2D eigenvalue weighted by molar-refractivity contribution is 0.578. The molecule has 3 N–H and O–H groups in total. The Morgan fingerprint density at radius 1 is 1.32 bits per heavy atom. The van der Waals surface area contributed by atoms with Crippen molar-refractivity contribution in [3.63, 3.8) is 0 Å². The van der Waals surface area contributed by atoms with E-state index < -0.39 is 10.0 Å². The lowest BCUT2D eigenvalue weighted by Gasteiger charge is -2.25. The van der Waals surface area contributed by atoms with Gasteiger partial charge in [-0.3, -0.25) is 9.71 Å². The van der Waals surface area contributed by atoms with Crippen LogP contribution >= 0.6 is 0 Å². The van der Waals surface area contributed by atoms with Crippen molar-refractivity contribution in [2.24, 2.45) is 5.73 Å². The first-order chi connectivity index (χ1) is 8.94. The lowest BCUT2D eigenvalue weighted by atomic mass is 10.1. The summed E-state index contributed by atoms with van der Waals surface area (Å²) in [6.45, 7) is 0. The van der Waals surface area contributed by atoms with E-state index in [0.717, 1.165) is 25.7 Å². The molecular weight excluding hydrogens is 262 g/mol. The van der Waals surface area contributed by atoms with E-state index >= 15 is 0 Å². The van der Waals surface area contributed by atoms with Crippen LogP contribution in [0.15, 0.2) is 24.3 Å². The van der Waals surface area contributed by atoms with Gasteiger partial charge in [0.25, 0.3) is 0 Å². The molecule has 2 rings (SSSR count). The normalized spacial score (nSPS) is 16.5. The molecule has 0 bridgehead atoms. The lowest BCUT2D eigenvalue weighted by Crippen LogP contribution is -2.36. The van der Waals surface area contributed by atoms with Gasteiger partial charge in [-0.2, -0.15) is 0 Å². The number of rotatable bonds is 4. The van der Waals surface area contributed by atoms with Crippen LogP contribution in [0.25, 0.3) is 0 Å². The number of hydrogen-bond acceptors (Lipinski definition) is 3. The molecule has 0 aliphatic heterocycles. The van der Waals surface area contributed by atoms with Crippen molar-refractivity contribution in [1.82, 2.24) is 0 Å². The van der Waals surface area contributed by atoms with Gasteiger partial charge in [0.1, 0.15) is 5.84 Å². The van der Waals surface area contributed by atoms with Gasteiger partial charge in [-0.25, -0.2) is 8.42 Å². The largest absolute Gasteiger partial charge is 0.384 e. The molecule has 1 aliphatic carbocycles. The van der Waals surface area contributed by atoms with Gasteiger partial charge in [0.2, 0.25) is 10.0 Å². The van der Waals surface area contributed by atoms with E-state index in [0.29, 0.717) is 11.3 Å². The Hall–Kier alpha value is -1.56. The highest BCUT2D eigenvalue weighted by molar-refractivity contribution is 7.93. The molecule has 1 saturated carbocycles. The third-order valence-corrected chi connectivity index (χ3v) is 5.91. The molecule has 1 aromatic rings. The highest BCUT2D eigenvalue weighted by Gasteiger charge is 2.33. The molecule has 0 saturated heterocycles. The fourth-order valence-corrected chi connectivity index (χ4v) is 4.33. The summed E-state index contributed by atoms with van der Waals surface area (Å²) in [4.78, 5) is 0. The Kier molecular flexibility index (Phi) is 3.80. The molecule has 0 amide bonds. The second-order valence-electron chi connectivity index (χ2n) is 4.85. The Balaban J connectivity index is 2.39. The first-order valence-corrected chi connectivity index (χ1v) is 7.86. The number of nitrogens with zero attached hydrogens (tertiary/aromatic N) is 1.